The van der Waals surface area contributed by atoms with E-state index in [0.717, 1.165) is 21.4 Å². The normalized spacial score (nSPS) is 15.2. The van der Waals surface area contributed by atoms with Gasteiger partial charge in [0.1, 0.15) is 4.70 Å². The molecule has 13 heteroatoms. The molecule has 1 N–H and O–H groups in total. The van der Waals surface area contributed by atoms with E-state index in [2.05, 4.69) is 26.3 Å². The molecule has 0 atom stereocenters. The van der Waals surface area contributed by atoms with E-state index in [4.69, 9.17) is 0 Å². The smallest absolute Gasteiger partial charge is 0.345 e. The highest BCUT2D eigenvalue weighted by molar-refractivity contribution is 9.10. The molecule has 0 spiro atoms. The van der Waals surface area contributed by atoms with Crippen LogP contribution in [0, 0.1) is 10.1 Å². The van der Waals surface area contributed by atoms with Crippen molar-refractivity contribution < 1.29 is 18.1 Å². The molecular formula is C20H17BrF3N5O3S. The molecule has 174 valence electrons. The Hall–Kier alpha value is -2.61. The molecule has 0 bridgehead atoms. The fraction of sp³-hybridized carbons (Fsp3) is 0.300. The zero-order valence-corrected chi connectivity index (χ0v) is 19.3. The van der Waals surface area contributed by atoms with Gasteiger partial charge in [0.05, 0.1) is 15.9 Å². The molecule has 1 aliphatic rings. The Morgan fingerprint density at radius 3 is 2.42 bits per heavy atom. The van der Waals surface area contributed by atoms with E-state index in [1.54, 1.807) is 0 Å². The van der Waals surface area contributed by atoms with Crippen LogP contribution in [0.25, 0.3) is 10.1 Å². The number of rotatable bonds is 5. The number of benzene rings is 2. The first-order valence-electron chi connectivity index (χ1n) is 9.80. The summed E-state index contributed by atoms with van der Waals surface area (Å²) in [5.41, 5.74) is 1.54. The number of nitrogens with one attached hydrogen (secondary N) is 1. The topological polar surface area (TPSA) is 91.6 Å². The van der Waals surface area contributed by atoms with Gasteiger partial charge in [0.25, 0.3) is 11.2 Å². The third kappa shape index (κ3) is 5.32. The summed E-state index contributed by atoms with van der Waals surface area (Å²) < 4.78 is 40.3. The van der Waals surface area contributed by atoms with Gasteiger partial charge in [-0.2, -0.15) is 18.2 Å². The number of piperazine rings is 1. The zero-order valence-electron chi connectivity index (χ0n) is 16.9. The highest BCUT2D eigenvalue weighted by Gasteiger charge is 2.34. The standard InChI is InChI=1S/C20H17BrF3N5O3S/c21-14-3-1-12(2-4-14)11-25-28-7-5-27(6-8-28)19-26-18(30)15-9-13(20(22,23)24)10-16(29(31)32)17(15)33-19/h1-4,9-10,25H,5-8,11H2. The van der Waals surface area contributed by atoms with Crippen LogP contribution in [0.3, 0.4) is 0 Å². The Morgan fingerprint density at radius 1 is 1.15 bits per heavy atom. The number of halogens is 4. The molecule has 33 heavy (non-hydrogen) atoms. The number of non-ortho nitro benzene ring substituents is 1. The van der Waals surface area contributed by atoms with Gasteiger partial charge >= 0.3 is 6.18 Å². The van der Waals surface area contributed by atoms with E-state index >= 15 is 0 Å². The lowest BCUT2D eigenvalue weighted by Gasteiger charge is -2.35. The Kier molecular flexibility index (Phi) is 6.66. The van der Waals surface area contributed by atoms with E-state index in [9.17, 15) is 28.1 Å². The summed E-state index contributed by atoms with van der Waals surface area (Å²) in [7, 11) is 0. The lowest BCUT2D eigenvalue weighted by molar-refractivity contribution is -0.383. The maximum Gasteiger partial charge on any atom is 0.416 e. The van der Waals surface area contributed by atoms with Gasteiger partial charge in [-0.3, -0.25) is 20.3 Å². The second-order valence-electron chi connectivity index (χ2n) is 7.36. The van der Waals surface area contributed by atoms with Crippen LogP contribution < -0.4 is 15.9 Å². The maximum absolute atomic E-state index is 13.1. The van der Waals surface area contributed by atoms with Crippen LogP contribution in [-0.2, 0) is 12.7 Å². The first kappa shape index (κ1) is 23.5. The number of hydrazine groups is 1. The minimum absolute atomic E-state index is 0.112. The van der Waals surface area contributed by atoms with Crippen molar-refractivity contribution in [2.45, 2.75) is 12.7 Å². The number of hydrogen-bond acceptors (Lipinski definition) is 8. The van der Waals surface area contributed by atoms with Crippen molar-refractivity contribution in [3.05, 3.63) is 72.5 Å². The number of alkyl halides is 3. The third-order valence-corrected chi connectivity index (χ3v) is 6.88. The predicted molar refractivity (Wildman–Crippen MR) is 122 cm³/mol. The van der Waals surface area contributed by atoms with E-state index in [1.165, 1.54) is 0 Å². The number of aromatic nitrogens is 1. The highest BCUT2D eigenvalue weighted by atomic mass is 79.9. The van der Waals surface area contributed by atoms with Crippen LogP contribution in [0.1, 0.15) is 11.1 Å². The summed E-state index contributed by atoms with van der Waals surface area (Å²) in [6, 6.07) is 9.01. The van der Waals surface area contributed by atoms with Gasteiger partial charge in [0, 0.05) is 43.3 Å². The van der Waals surface area contributed by atoms with Gasteiger partial charge in [-0.05, 0) is 23.8 Å². The first-order chi connectivity index (χ1) is 15.6. The Morgan fingerprint density at radius 2 is 1.82 bits per heavy atom. The van der Waals surface area contributed by atoms with Gasteiger partial charge in [-0.25, -0.2) is 5.01 Å². The molecule has 0 unspecified atom stereocenters. The van der Waals surface area contributed by atoms with Crippen molar-refractivity contribution in [2.75, 3.05) is 31.1 Å². The van der Waals surface area contributed by atoms with Crippen LogP contribution in [0.2, 0.25) is 0 Å². The van der Waals surface area contributed by atoms with Gasteiger partial charge < -0.3 is 4.90 Å². The molecule has 8 nitrogen and oxygen atoms in total. The van der Waals surface area contributed by atoms with Crippen LogP contribution in [0.5, 0.6) is 0 Å². The van der Waals surface area contributed by atoms with Crippen molar-refractivity contribution in [1.29, 1.82) is 0 Å². The molecule has 1 aliphatic heterocycles. The number of fused-ring (bicyclic) bond motifs is 1. The first-order valence-corrected chi connectivity index (χ1v) is 11.4. The average molecular weight is 544 g/mol. The third-order valence-electron chi connectivity index (χ3n) is 5.18. The minimum Gasteiger partial charge on any atom is -0.345 e. The quantitative estimate of drug-likeness (QED) is 0.381. The maximum atomic E-state index is 13.1. The number of nitro groups is 1. The minimum atomic E-state index is -4.81. The second-order valence-corrected chi connectivity index (χ2v) is 9.26. The molecule has 2 aromatic carbocycles. The summed E-state index contributed by atoms with van der Waals surface area (Å²) in [6.07, 6.45) is -4.81. The zero-order chi connectivity index (χ0) is 23.8. The molecule has 3 aromatic rings. The lowest BCUT2D eigenvalue weighted by Crippen LogP contribution is -2.52. The fourth-order valence-electron chi connectivity index (χ4n) is 3.44. The van der Waals surface area contributed by atoms with Crippen LogP contribution in [-0.4, -0.2) is 41.1 Å². The molecule has 1 saturated heterocycles. The molecule has 1 fully saturated rings. The Labute approximate surface area is 197 Å². The number of anilines is 1. The van der Waals surface area contributed by atoms with Gasteiger partial charge in [0.2, 0.25) is 0 Å². The Balaban J connectivity index is 1.52. The summed E-state index contributed by atoms with van der Waals surface area (Å²) >= 11 is 4.25. The SMILES string of the molecule is O=c1nc(N2CCN(NCc3ccc(Br)cc3)CC2)sc2c([N+](=O)[O-])cc(C(F)(F)F)cc12. The number of nitro benzene ring substituents is 1. The van der Waals surface area contributed by atoms with E-state index in [-0.39, 0.29) is 9.83 Å². The fourth-order valence-corrected chi connectivity index (χ4v) is 4.82. The predicted octanol–water partition coefficient (Wildman–Crippen LogP) is 4.17. The number of hydrogen-bond donors (Lipinski definition) is 1. The molecule has 1 aromatic heterocycles. The van der Waals surface area contributed by atoms with Crippen molar-refractivity contribution >= 4 is 48.2 Å². The summed E-state index contributed by atoms with van der Waals surface area (Å²) in [4.78, 5) is 28.8. The molecule has 0 radical (unpaired) electrons. The molecule has 2 heterocycles. The molecule has 0 aliphatic carbocycles. The van der Waals surface area contributed by atoms with Gasteiger partial charge in [-0.15, -0.1) is 0 Å². The summed E-state index contributed by atoms with van der Waals surface area (Å²) in [5.74, 6) is 0. The highest BCUT2D eigenvalue weighted by Crippen LogP contribution is 2.38. The average Bonchev–Trinajstić information content (AvgIpc) is 2.77. The van der Waals surface area contributed by atoms with Gasteiger partial charge in [0.15, 0.2) is 5.13 Å². The molecule has 0 amide bonds. The van der Waals surface area contributed by atoms with Crippen molar-refractivity contribution in [3.8, 4) is 0 Å². The lowest BCUT2D eigenvalue weighted by atomic mass is 10.1. The number of nitrogens with zero attached hydrogens (tertiary/aromatic N) is 4. The van der Waals surface area contributed by atoms with E-state index < -0.39 is 33.3 Å². The second kappa shape index (κ2) is 9.33. The molecular weight excluding hydrogens is 527 g/mol. The van der Waals surface area contributed by atoms with E-state index in [1.807, 2.05) is 34.2 Å². The largest absolute Gasteiger partial charge is 0.416 e. The summed E-state index contributed by atoms with van der Waals surface area (Å²) in [5, 5.41) is 13.3. The Bertz CT molecular complexity index is 1240. The monoisotopic (exact) mass is 543 g/mol. The van der Waals surface area contributed by atoms with Gasteiger partial charge in [-0.1, -0.05) is 39.4 Å². The van der Waals surface area contributed by atoms with Crippen LogP contribution >= 0.6 is 27.3 Å². The molecule has 0 saturated carbocycles. The molecule has 4 rings (SSSR count). The van der Waals surface area contributed by atoms with Crippen LogP contribution in [0.4, 0.5) is 24.0 Å². The van der Waals surface area contributed by atoms with Crippen molar-refractivity contribution in [1.82, 2.24) is 15.4 Å². The van der Waals surface area contributed by atoms with Crippen molar-refractivity contribution in [3.63, 3.8) is 0 Å². The summed E-state index contributed by atoms with van der Waals surface area (Å²) in [6.45, 7) is 2.84. The van der Waals surface area contributed by atoms with Crippen LogP contribution in [0.15, 0.2) is 45.7 Å². The van der Waals surface area contributed by atoms with Crippen molar-refractivity contribution in [2.24, 2.45) is 0 Å². The van der Waals surface area contributed by atoms with E-state index in [0.29, 0.717) is 44.9 Å².